The molecule has 0 aromatic carbocycles. The summed E-state index contributed by atoms with van der Waals surface area (Å²) in [7, 11) is 0. The second kappa shape index (κ2) is 8.35. The summed E-state index contributed by atoms with van der Waals surface area (Å²) in [5.74, 6) is -0.466. The van der Waals surface area contributed by atoms with Gasteiger partial charge in [-0.3, -0.25) is 4.79 Å². The van der Waals surface area contributed by atoms with Crippen LogP contribution in [0.2, 0.25) is 0 Å². The summed E-state index contributed by atoms with van der Waals surface area (Å²) in [6, 6.07) is -0.302. The van der Waals surface area contributed by atoms with Crippen molar-refractivity contribution in [3.63, 3.8) is 0 Å². The lowest BCUT2D eigenvalue weighted by molar-refractivity contribution is -0.192. The molecule has 2 atom stereocenters. The van der Waals surface area contributed by atoms with Gasteiger partial charge in [-0.1, -0.05) is 20.3 Å². The van der Waals surface area contributed by atoms with Crippen molar-refractivity contribution in [2.45, 2.75) is 32.5 Å². The maximum absolute atomic E-state index is 11.7. The third-order valence-corrected chi connectivity index (χ3v) is 3.81. The van der Waals surface area contributed by atoms with Crippen LogP contribution in [0.3, 0.4) is 0 Å². The van der Waals surface area contributed by atoms with Gasteiger partial charge in [0.1, 0.15) is 0 Å². The number of thioether (sulfide) groups is 1. The molecule has 20 heavy (non-hydrogen) atoms. The molecule has 0 saturated carbocycles. The molecule has 1 heterocycles. The molecule has 1 amide bonds. The summed E-state index contributed by atoms with van der Waals surface area (Å²) in [6.07, 6.45) is -4.12. The largest absolute Gasteiger partial charge is 0.490 e. The Balaban J connectivity index is 0.000000441. The molecule has 0 spiro atoms. The van der Waals surface area contributed by atoms with Gasteiger partial charge in [0.05, 0.1) is 11.9 Å². The Morgan fingerprint density at radius 3 is 2.25 bits per heavy atom. The van der Waals surface area contributed by atoms with E-state index >= 15 is 0 Å². The predicted octanol–water partition coefficient (Wildman–Crippen LogP) is 1.53. The van der Waals surface area contributed by atoms with Crippen molar-refractivity contribution in [3.8, 4) is 0 Å². The number of hydrogen-bond donors (Lipinski definition) is 2. The summed E-state index contributed by atoms with van der Waals surface area (Å²) in [5.41, 5.74) is 5.85. The molecule has 1 rings (SSSR count). The molecule has 118 valence electrons. The summed E-state index contributed by atoms with van der Waals surface area (Å²) in [5, 5.41) is 7.12. The van der Waals surface area contributed by atoms with Gasteiger partial charge in [-0.05, 0) is 5.92 Å². The van der Waals surface area contributed by atoms with Gasteiger partial charge >= 0.3 is 12.1 Å². The number of nitrogens with zero attached hydrogens (tertiary/aromatic N) is 1. The van der Waals surface area contributed by atoms with Gasteiger partial charge in [-0.15, -0.1) is 11.8 Å². The maximum atomic E-state index is 11.7. The second-order valence-electron chi connectivity index (χ2n) is 4.35. The highest BCUT2D eigenvalue weighted by Crippen LogP contribution is 2.16. The quantitative estimate of drug-likeness (QED) is 0.825. The smallest absolute Gasteiger partial charge is 0.475 e. The molecule has 0 aromatic rings. The fourth-order valence-corrected chi connectivity index (χ4v) is 2.25. The van der Waals surface area contributed by atoms with Gasteiger partial charge in [0.2, 0.25) is 5.91 Å². The van der Waals surface area contributed by atoms with Crippen molar-refractivity contribution in [3.05, 3.63) is 0 Å². The zero-order valence-corrected chi connectivity index (χ0v) is 12.1. The van der Waals surface area contributed by atoms with E-state index in [2.05, 4.69) is 6.92 Å². The molecule has 1 aliphatic rings. The first-order valence-corrected chi connectivity index (χ1v) is 7.18. The van der Waals surface area contributed by atoms with E-state index in [4.69, 9.17) is 15.6 Å². The third-order valence-electron chi connectivity index (χ3n) is 2.85. The molecule has 0 unspecified atom stereocenters. The second-order valence-corrected chi connectivity index (χ2v) is 5.43. The monoisotopic (exact) mass is 316 g/mol. The minimum atomic E-state index is -5.08. The van der Waals surface area contributed by atoms with Crippen molar-refractivity contribution in [1.29, 1.82) is 0 Å². The number of halogens is 3. The van der Waals surface area contributed by atoms with Crippen LogP contribution in [0.25, 0.3) is 0 Å². The topological polar surface area (TPSA) is 83.6 Å². The van der Waals surface area contributed by atoms with Crippen LogP contribution in [0.5, 0.6) is 0 Å². The van der Waals surface area contributed by atoms with E-state index in [-0.39, 0.29) is 17.9 Å². The van der Waals surface area contributed by atoms with E-state index < -0.39 is 12.1 Å². The summed E-state index contributed by atoms with van der Waals surface area (Å²) in [4.78, 5) is 22.5. The number of amides is 1. The fourth-order valence-electron chi connectivity index (χ4n) is 1.30. The van der Waals surface area contributed by atoms with Gasteiger partial charge in [0.25, 0.3) is 0 Å². The number of carbonyl (C=O) groups is 2. The van der Waals surface area contributed by atoms with E-state index in [1.165, 1.54) is 0 Å². The van der Waals surface area contributed by atoms with E-state index in [1.807, 2.05) is 11.8 Å². The Morgan fingerprint density at radius 1 is 1.45 bits per heavy atom. The first-order chi connectivity index (χ1) is 9.11. The number of nitrogens with two attached hydrogens (primary N) is 1. The Morgan fingerprint density at radius 2 is 1.95 bits per heavy atom. The average molecular weight is 316 g/mol. The van der Waals surface area contributed by atoms with Crippen LogP contribution >= 0.6 is 11.8 Å². The normalized spacial score (nSPS) is 18.0. The number of rotatable bonds is 3. The number of carboxylic acids is 1. The molecule has 1 aliphatic heterocycles. The van der Waals surface area contributed by atoms with Crippen LogP contribution in [-0.2, 0) is 9.59 Å². The average Bonchev–Trinajstić information content (AvgIpc) is 2.89. The van der Waals surface area contributed by atoms with Crippen LogP contribution in [0.4, 0.5) is 13.2 Å². The zero-order chi connectivity index (χ0) is 15.9. The van der Waals surface area contributed by atoms with Gasteiger partial charge in [0.15, 0.2) is 0 Å². The van der Waals surface area contributed by atoms with Crippen molar-refractivity contribution in [2.24, 2.45) is 11.7 Å². The van der Waals surface area contributed by atoms with Crippen molar-refractivity contribution >= 4 is 23.6 Å². The summed E-state index contributed by atoms with van der Waals surface area (Å²) in [6.45, 7) is 4.97. The number of alkyl halides is 3. The summed E-state index contributed by atoms with van der Waals surface area (Å²) >= 11 is 1.80. The lowest BCUT2D eigenvalue weighted by atomic mass is 9.99. The van der Waals surface area contributed by atoms with Crippen LogP contribution < -0.4 is 5.73 Å². The standard InChI is InChI=1S/C9H18N2OS.C2HF3O2/c1-3-7(2)8(10)9(12)11-4-5-13-6-11;3-2(4,5)1(6)7/h7-8H,3-6,10H2,1-2H3;(H,6,7)/t7-,8-;/m0./s1. The first-order valence-electron chi connectivity index (χ1n) is 6.03. The van der Waals surface area contributed by atoms with Gasteiger partial charge in [-0.2, -0.15) is 13.2 Å². The fraction of sp³-hybridized carbons (Fsp3) is 0.818. The van der Waals surface area contributed by atoms with E-state index in [0.29, 0.717) is 0 Å². The van der Waals surface area contributed by atoms with Crippen LogP contribution in [-0.4, -0.2) is 52.3 Å². The molecular formula is C11H19F3N2O3S. The van der Waals surface area contributed by atoms with E-state index in [0.717, 1.165) is 24.6 Å². The molecule has 5 nitrogen and oxygen atoms in total. The molecule has 0 aliphatic carbocycles. The lowest BCUT2D eigenvalue weighted by Gasteiger charge is -2.23. The number of hydrogen-bond acceptors (Lipinski definition) is 4. The molecule has 0 radical (unpaired) electrons. The minimum Gasteiger partial charge on any atom is -0.475 e. The lowest BCUT2D eigenvalue weighted by Crippen LogP contribution is -2.45. The van der Waals surface area contributed by atoms with Crippen LogP contribution in [0, 0.1) is 5.92 Å². The van der Waals surface area contributed by atoms with Crippen molar-refractivity contribution in [1.82, 2.24) is 4.90 Å². The molecule has 3 N–H and O–H groups in total. The van der Waals surface area contributed by atoms with E-state index in [1.54, 1.807) is 11.8 Å². The van der Waals surface area contributed by atoms with Crippen LogP contribution in [0.1, 0.15) is 20.3 Å². The summed E-state index contributed by atoms with van der Waals surface area (Å²) < 4.78 is 31.7. The number of carbonyl (C=O) groups excluding carboxylic acids is 1. The minimum absolute atomic E-state index is 0.124. The highest BCUT2D eigenvalue weighted by Gasteiger charge is 2.38. The first kappa shape index (κ1) is 19.0. The molecule has 0 aromatic heterocycles. The Hall–Kier alpha value is -0.960. The Kier molecular flexibility index (Phi) is 7.95. The molecule has 9 heteroatoms. The van der Waals surface area contributed by atoms with Crippen molar-refractivity contribution < 1.29 is 27.9 Å². The maximum Gasteiger partial charge on any atom is 0.490 e. The van der Waals surface area contributed by atoms with Crippen LogP contribution in [0.15, 0.2) is 0 Å². The van der Waals surface area contributed by atoms with Gasteiger partial charge in [-0.25, -0.2) is 4.79 Å². The highest BCUT2D eigenvalue weighted by atomic mass is 32.2. The Bertz CT molecular complexity index is 333. The zero-order valence-electron chi connectivity index (χ0n) is 11.3. The van der Waals surface area contributed by atoms with Crippen molar-refractivity contribution in [2.75, 3.05) is 18.2 Å². The van der Waals surface area contributed by atoms with Gasteiger partial charge < -0.3 is 15.7 Å². The van der Waals surface area contributed by atoms with E-state index in [9.17, 15) is 18.0 Å². The SMILES string of the molecule is CC[C@H](C)[C@H](N)C(=O)N1CCSC1.O=C(O)C(F)(F)F. The predicted molar refractivity (Wildman–Crippen MR) is 70.2 cm³/mol. The Labute approximate surface area is 119 Å². The molecule has 1 saturated heterocycles. The third kappa shape index (κ3) is 6.47. The highest BCUT2D eigenvalue weighted by molar-refractivity contribution is 7.99. The number of aliphatic carboxylic acids is 1. The molecular weight excluding hydrogens is 297 g/mol. The molecule has 1 fully saturated rings. The number of carboxylic acid groups (broad SMARTS) is 1. The molecule has 0 bridgehead atoms. The van der Waals surface area contributed by atoms with Gasteiger partial charge in [0, 0.05) is 12.3 Å².